The molecule has 0 fully saturated rings. The monoisotopic (exact) mass is 280 g/mol. The number of rotatable bonds is 4. The van der Waals surface area contributed by atoms with Gasteiger partial charge in [0.2, 0.25) is 5.88 Å². The van der Waals surface area contributed by atoms with Gasteiger partial charge in [0.15, 0.2) is 0 Å². The van der Waals surface area contributed by atoms with E-state index in [0.717, 1.165) is 16.8 Å². The molecule has 4 nitrogen and oxygen atoms in total. The smallest absolute Gasteiger partial charge is 0.217 e. The van der Waals surface area contributed by atoms with Crippen LogP contribution in [0.15, 0.2) is 24.3 Å². The summed E-state index contributed by atoms with van der Waals surface area (Å²) in [5.41, 5.74) is 2.48. The Bertz CT molecular complexity index is 581. The molecule has 19 heavy (non-hydrogen) atoms. The Hall–Kier alpha value is -1.52. The van der Waals surface area contributed by atoms with E-state index in [0.29, 0.717) is 17.3 Å². The molecule has 0 spiro atoms. The van der Waals surface area contributed by atoms with Crippen molar-refractivity contribution < 1.29 is 9.84 Å². The lowest BCUT2D eigenvalue weighted by molar-refractivity contribution is 0.172. The first-order valence-corrected chi connectivity index (χ1v) is 6.40. The third-order valence-electron chi connectivity index (χ3n) is 3.06. The minimum atomic E-state index is -0.665. The Morgan fingerprint density at radius 2 is 2.21 bits per heavy atom. The minimum Gasteiger partial charge on any atom is -0.481 e. The molecule has 0 amide bonds. The van der Waals surface area contributed by atoms with Crippen LogP contribution < -0.4 is 4.74 Å². The molecule has 0 saturated heterocycles. The molecule has 102 valence electrons. The second-order valence-electron chi connectivity index (χ2n) is 4.48. The number of aliphatic hydroxyl groups excluding tert-OH is 1. The van der Waals surface area contributed by atoms with E-state index in [4.69, 9.17) is 16.3 Å². The van der Waals surface area contributed by atoms with Gasteiger partial charge in [-0.2, -0.15) is 5.10 Å². The second kappa shape index (κ2) is 5.63. The van der Waals surface area contributed by atoms with Crippen molar-refractivity contribution in [2.45, 2.75) is 19.4 Å². The summed E-state index contributed by atoms with van der Waals surface area (Å²) in [5, 5.41) is 15.3. The molecular formula is C14H17ClN2O2. The van der Waals surface area contributed by atoms with Gasteiger partial charge in [-0.1, -0.05) is 23.7 Å². The van der Waals surface area contributed by atoms with Crippen LogP contribution in [0.25, 0.3) is 0 Å². The molecule has 1 N–H and O–H groups in total. The first kappa shape index (κ1) is 13.9. The normalized spacial score (nSPS) is 12.5. The quantitative estimate of drug-likeness (QED) is 0.937. The van der Waals surface area contributed by atoms with Gasteiger partial charge < -0.3 is 9.84 Å². The number of aryl methyl sites for hydroxylation is 2. The van der Waals surface area contributed by atoms with Crippen LogP contribution in [0.4, 0.5) is 0 Å². The number of halogens is 1. The number of methoxy groups -OCH3 is 1. The molecule has 2 aromatic rings. The number of nitrogens with zero attached hydrogens (tertiary/aromatic N) is 2. The van der Waals surface area contributed by atoms with E-state index in [1.807, 2.05) is 31.2 Å². The number of aliphatic hydroxyl groups is 1. The van der Waals surface area contributed by atoms with Crippen molar-refractivity contribution in [3.8, 4) is 5.88 Å². The first-order chi connectivity index (χ1) is 9.02. The topological polar surface area (TPSA) is 47.3 Å². The Kier molecular flexibility index (Phi) is 4.12. The van der Waals surface area contributed by atoms with Crippen molar-refractivity contribution in [2.24, 2.45) is 7.05 Å². The highest BCUT2D eigenvalue weighted by atomic mass is 35.5. The van der Waals surface area contributed by atoms with Gasteiger partial charge in [0.05, 0.1) is 24.5 Å². The maximum Gasteiger partial charge on any atom is 0.217 e. The summed E-state index contributed by atoms with van der Waals surface area (Å²) in [6.45, 7) is 1.86. The van der Waals surface area contributed by atoms with Crippen LogP contribution in [0.2, 0.25) is 5.02 Å². The van der Waals surface area contributed by atoms with Gasteiger partial charge in [-0.25, -0.2) is 4.68 Å². The van der Waals surface area contributed by atoms with Crippen molar-refractivity contribution in [3.05, 3.63) is 46.1 Å². The van der Waals surface area contributed by atoms with E-state index >= 15 is 0 Å². The maximum absolute atomic E-state index is 10.4. The average molecular weight is 281 g/mol. The highest BCUT2D eigenvalue weighted by molar-refractivity contribution is 6.30. The van der Waals surface area contributed by atoms with Crippen molar-refractivity contribution in [1.82, 2.24) is 9.78 Å². The fourth-order valence-electron chi connectivity index (χ4n) is 2.27. The lowest BCUT2D eigenvalue weighted by Gasteiger charge is -2.12. The molecule has 1 unspecified atom stereocenters. The van der Waals surface area contributed by atoms with Gasteiger partial charge in [0.1, 0.15) is 0 Å². The third kappa shape index (κ3) is 2.91. The zero-order valence-corrected chi connectivity index (χ0v) is 12.0. The zero-order valence-electron chi connectivity index (χ0n) is 11.2. The van der Waals surface area contributed by atoms with E-state index in [1.165, 1.54) is 0 Å². The molecule has 2 rings (SSSR count). The second-order valence-corrected chi connectivity index (χ2v) is 4.92. The first-order valence-electron chi connectivity index (χ1n) is 6.03. The number of aromatic nitrogens is 2. The SMILES string of the molecule is COc1c(C(O)Cc2cccc(Cl)c2)c(C)nn1C. The van der Waals surface area contributed by atoms with E-state index in [-0.39, 0.29) is 0 Å². The van der Waals surface area contributed by atoms with Crippen LogP contribution >= 0.6 is 11.6 Å². The van der Waals surface area contributed by atoms with Crippen LogP contribution in [-0.4, -0.2) is 22.0 Å². The molecule has 0 saturated carbocycles. The Balaban J connectivity index is 2.27. The highest BCUT2D eigenvalue weighted by Crippen LogP contribution is 2.30. The van der Waals surface area contributed by atoms with E-state index in [9.17, 15) is 5.11 Å². The average Bonchev–Trinajstić information content (AvgIpc) is 2.63. The predicted octanol–water partition coefficient (Wildman–Crippen LogP) is 2.67. The standard InChI is InChI=1S/C14H17ClN2O2/c1-9-13(14(19-3)17(2)16-9)12(18)8-10-5-4-6-11(15)7-10/h4-7,12,18H,8H2,1-3H3. The summed E-state index contributed by atoms with van der Waals surface area (Å²) < 4.78 is 6.92. The zero-order chi connectivity index (χ0) is 14.0. The fraction of sp³-hybridized carbons (Fsp3) is 0.357. The summed E-state index contributed by atoms with van der Waals surface area (Å²) in [6.07, 6.45) is -0.189. The number of hydrogen-bond acceptors (Lipinski definition) is 3. The molecule has 1 atom stereocenters. The van der Waals surface area contributed by atoms with Gasteiger partial charge in [0.25, 0.3) is 0 Å². The molecule has 0 aliphatic heterocycles. The Labute approximate surface area is 117 Å². The molecular weight excluding hydrogens is 264 g/mol. The Morgan fingerprint density at radius 3 is 2.84 bits per heavy atom. The molecule has 0 bridgehead atoms. The molecule has 0 radical (unpaired) electrons. The lowest BCUT2D eigenvalue weighted by Crippen LogP contribution is -2.05. The number of hydrogen-bond donors (Lipinski definition) is 1. The fourth-order valence-corrected chi connectivity index (χ4v) is 2.48. The molecule has 0 aliphatic rings. The van der Waals surface area contributed by atoms with E-state index in [1.54, 1.807) is 18.8 Å². The van der Waals surface area contributed by atoms with Crippen LogP contribution in [0, 0.1) is 6.92 Å². The molecule has 1 aromatic heterocycles. The van der Waals surface area contributed by atoms with Gasteiger partial charge in [-0.3, -0.25) is 0 Å². The minimum absolute atomic E-state index is 0.476. The molecule has 0 aliphatic carbocycles. The maximum atomic E-state index is 10.4. The number of benzene rings is 1. The van der Waals surface area contributed by atoms with Crippen LogP contribution in [0.1, 0.15) is 22.9 Å². The summed E-state index contributed by atoms with van der Waals surface area (Å²) in [7, 11) is 3.37. The van der Waals surface area contributed by atoms with Crippen LogP contribution in [0.3, 0.4) is 0 Å². The van der Waals surface area contributed by atoms with E-state index in [2.05, 4.69) is 5.10 Å². The van der Waals surface area contributed by atoms with Gasteiger partial charge in [0, 0.05) is 18.5 Å². The molecule has 1 heterocycles. The third-order valence-corrected chi connectivity index (χ3v) is 3.29. The van der Waals surface area contributed by atoms with Crippen molar-refractivity contribution >= 4 is 11.6 Å². The van der Waals surface area contributed by atoms with Gasteiger partial charge in [-0.15, -0.1) is 0 Å². The summed E-state index contributed by atoms with van der Waals surface area (Å²) in [4.78, 5) is 0. The highest BCUT2D eigenvalue weighted by Gasteiger charge is 2.21. The van der Waals surface area contributed by atoms with Crippen molar-refractivity contribution in [2.75, 3.05) is 7.11 Å². The largest absolute Gasteiger partial charge is 0.481 e. The van der Waals surface area contributed by atoms with Crippen LogP contribution in [0.5, 0.6) is 5.88 Å². The molecule has 5 heteroatoms. The van der Waals surface area contributed by atoms with E-state index < -0.39 is 6.10 Å². The number of ether oxygens (including phenoxy) is 1. The predicted molar refractivity (Wildman–Crippen MR) is 74.6 cm³/mol. The Morgan fingerprint density at radius 1 is 1.47 bits per heavy atom. The van der Waals surface area contributed by atoms with Crippen molar-refractivity contribution in [3.63, 3.8) is 0 Å². The van der Waals surface area contributed by atoms with Gasteiger partial charge >= 0.3 is 0 Å². The molecule has 1 aromatic carbocycles. The summed E-state index contributed by atoms with van der Waals surface area (Å²) in [6, 6.07) is 7.47. The van der Waals surface area contributed by atoms with Crippen molar-refractivity contribution in [1.29, 1.82) is 0 Å². The summed E-state index contributed by atoms with van der Waals surface area (Å²) in [5.74, 6) is 0.590. The summed E-state index contributed by atoms with van der Waals surface area (Å²) >= 11 is 5.95. The lowest BCUT2D eigenvalue weighted by atomic mass is 10.0. The van der Waals surface area contributed by atoms with Gasteiger partial charge in [-0.05, 0) is 24.6 Å². The van der Waals surface area contributed by atoms with Crippen LogP contribution in [-0.2, 0) is 13.5 Å².